The van der Waals surface area contributed by atoms with Crippen LogP contribution in [0.4, 0.5) is 20.7 Å². The van der Waals surface area contributed by atoms with Crippen molar-refractivity contribution in [1.29, 1.82) is 0 Å². The van der Waals surface area contributed by atoms with Crippen LogP contribution in [0, 0.1) is 11.6 Å². The third-order valence-corrected chi connectivity index (χ3v) is 16.5. The Morgan fingerprint density at radius 3 is 1.58 bits per heavy atom. The Hall–Kier alpha value is -6.33. The zero-order valence-corrected chi connectivity index (χ0v) is 42.2. The van der Waals surface area contributed by atoms with Gasteiger partial charge in [-0.1, -0.05) is 68.9 Å². The van der Waals surface area contributed by atoms with Gasteiger partial charge in [-0.3, -0.25) is 14.4 Å². The van der Waals surface area contributed by atoms with Crippen LogP contribution in [0.3, 0.4) is 0 Å². The molecule has 6 heterocycles. The van der Waals surface area contributed by atoms with E-state index < -0.39 is 5.82 Å². The summed E-state index contributed by atoms with van der Waals surface area (Å²) in [5, 5.41) is 18.8. The lowest BCUT2D eigenvalue weighted by Crippen LogP contribution is -2.52. The van der Waals surface area contributed by atoms with E-state index >= 15 is 0 Å². The number of hydrogen-bond acceptors (Lipinski definition) is 11. The van der Waals surface area contributed by atoms with E-state index in [4.69, 9.17) is 15.7 Å². The molecule has 1 atom stereocenters. The molecule has 12 rings (SSSR count). The molecule has 0 radical (unpaired) electrons. The maximum Gasteiger partial charge on any atom is 0.268 e. The standard InChI is InChI=1S/C28H35FN6O.C20H28N6O.C8H7FO/c1-18(22-7-3-4-8-23(22)29)32-20-9-11-21(12-10-20)33-27-30-16-19-15-24-26(36)31-17-28(13-5-2-6-14-28)35(24)25(19)34-27;21-14-4-6-15(7-5-14)24-19-22-11-13-10-16-18(27)23-12-20(8-2-1-3-9-20)26(16)17(13)25-19;1-6(10)7-4-2-3-5-8(7)9/h3-4,7-8,15-16,18,20-21,32H,2,5-6,9-14,17H2,1H3,(H,31,36)(H,30,33,34);10-11,14-15H,1-9,12,21H2,(H,23,27)(H,22,24,25);2-5H,1H3. The molecular weight excluding hydrogens is 927 g/mol. The summed E-state index contributed by atoms with van der Waals surface area (Å²) in [5.41, 5.74) is 9.99. The minimum absolute atomic E-state index is 0.0000224. The molecule has 2 spiro atoms. The molecule has 15 nitrogen and oxygen atoms in total. The number of benzene rings is 2. The Kier molecular flexibility index (Phi) is 14.9. The summed E-state index contributed by atoms with van der Waals surface area (Å²) < 4.78 is 31.2. The van der Waals surface area contributed by atoms with Gasteiger partial charge in [0, 0.05) is 72.0 Å². The Morgan fingerprint density at radius 2 is 1.11 bits per heavy atom. The molecule has 73 heavy (non-hydrogen) atoms. The lowest BCUT2D eigenvalue weighted by Gasteiger charge is -2.42. The molecule has 386 valence electrons. The summed E-state index contributed by atoms with van der Waals surface area (Å²) in [6.45, 7) is 4.76. The third kappa shape index (κ3) is 10.7. The van der Waals surface area contributed by atoms with Crippen molar-refractivity contribution in [3.8, 4) is 0 Å². The predicted octanol–water partition coefficient (Wildman–Crippen LogP) is 9.59. The number of aromatic nitrogens is 6. The van der Waals surface area contributed by atoms with Crippen LogP contribution >= 0.6 is 0 Å². The molecular formula is C56H70F2N12O3. The van der Waals surface area contributed by atoms with Gasteiger partial charge in [-0.05, 0) is 121 Å². The fraction of sp³-hybridized carbons (Fsp3) is 0.518. The zero-order chi connectivity index (χ0) is 50.7. The van der Waals surface area contributed by atoms with E-state index in [1.54, 1.807) is 18.2 Å². The van der Waals surface area contributed by atoms with Crippen molar-refractivity contribution in [2.75, 3.05) is 23.7 Å². The van der Waals surface area contributed by atoms with Gasteiger partial charge in [0.1, 0.15) is 34.3 Å². The minimum atomic E-state index is -0.449. The van der Waals surface area contributed by atoms with Crippen molar-refractivity contribution in [3.05, 3.63) is 107 Å². The molecule has 2 aliphatic heterocycles. The second-order valence-electron chi connectivity index (χ2n) is 21.5. The lowest BCUT2D eigenvalue weighted by molar-refractivity contribution is 0.0828. The Labute approximate surface area is 425 Å². The average molecular weight is 997 g/mol. The topological polar surface area (TPSA) is 199 Å². The normalized spacial score (nSPS) is 23.4. The van der Waals surface area contributed by atoms with Crippen molar-refractivity contribution >= 4 is 51.6 Å². The second-order valence-corrected chi connectivity index (χ2v) is 21.5. The molecule has 2 amide bonds. The van der Waals surface area contributed by atoms with Crippen LogP contribution in [0.5, 0.6) is 0 Å². The first-order valence-electron chi connectivity index (χ1n) is 26.8. The van der Waals surface area contributed by atoms with E-state index in [9.17, 15) is 23.2 Å². The Bertz CT molecular complexity index is 2940. The number of halogens is 2. The van der Waals surface area contributed by atoms with Gasteiger partial charge in [0.25, 0.3) is 11.8 Å². The van der Waals surface area contributed by atoms with Crippen LogP contribution in [0.25, 0.3) is 22.1 Å². The molecule has 0 saturated heterocycles. The van der Waals surface area contributed by atoms with Gasteiger partial charge in [0.2, 0.25) is 11.9 Å². The highest BCUT2D eigenvalue weighted by atomic mass is 19.1. The summed E-state index contributed by atoms with van der Waals surface area (Å²) in [4.78, 5) is 54.7. The molecule has 7 N–H and O–H groups in total. The molecule has 4 aliphatic carbocycles. The number of nitrogens with one attached hydrogen (secondary N) is 5. The number of nitrogens with zero attached hydrogens (tertiary/aromatic N) is 6. The molecule has 2 aromatic carbocycles. The highest BCUT2D eigenvalue weighted by Gasteiger charge is 2.43. The van der Waals surface area contributed by atoms with E-state index in [0.717, 1.165) is 110 Å². The highest BCUT2D eigenvalue weighted by Crippen LogP contribution is 2.42. The van der Waals surface area contributed by atoms with Crippen LogP contribution in [0.15, 0.2) is 73.1 Å². The maximum absolute atomic E-state index is 14.1. The monoisotopic (exact) mass is 997 g/mol. The number of nitrogens with two attached hydrogens (primary N) is 1. The fourth-order valence-electron chi connectivity index (χ4n) is 12.5. The molecule has 6 aromatic rings. The summed E-state index contributed by atoms with van der Waals surface area (Å²) in [6.07, 6.45) is 23.6. The summed E-state index contributed by atoms with van der Waals surface area (Å²) in [7, 11) is 0. The number of rotatable bonds is 8. The van der Waals surface area contributed by atoms with Crippen molar-refractivity contribution < 1.29 is 23.2 Å². The zero-order valence-electron chi connectivity index (χ0n) is 42.2. The number of hydrogen-bond donors (Lipinski definition) is 6. The SMILES string of the molecule is CC(=O)c1ccccc1F.CC(NC1CCC(Nc2ncc3cc4n(c3n2)C2(CCCCC2)CNC4=O)CC1)c1ccccc1F.NC1CCC(Nc2ncc3cc4n(c3n2)C2(CCCCC2)CNC4=O)CC1. The molecule has 17 heteroatoms. The van der Waals surface area contributed by atoms with Gasteiger partial charge in [-0.25, -0.2) is 18.7 Å². The van der Waals surface area contributed by atoms with E-state index in [1.807, 2.05) is 43.6 Å². The molecule has 1 unspecified atom stereocenters. The van der Waals surface area contributed by atoms with Crippen LogP contribution in [-0.2, 0) is 11.1 Å². The molecule has 0 bridgehead atoms. The average Bonchev–Trinajstić information content (AvgIpc) is 4.00. The first-order valence-corrected chi connectivity index (χ1v) is 26.8. The predicted molar refractivity (Wildman–Crippen MR) is 280 cm³/mol. The second kappa shape index (κ2) is 21.6. The van der Waals surface area contributed by atoms with Crippen molar-refractivity contribution in [1.82, 2.24) is 45.0 Å². The van der Waals surface area contributed by atoms with Gasteiger partial charge in [-0.2, -0.15) is 9.97 Å². The largest absolute Gasteiger partial charge is 0.351 e. The van der Waals surface area contributed by atoms with Crippen LogP contribution < -0.4 is 32.3 Å². The van der Waals surface area contributed by atoms with Crippen LogP contribution in [0.1, 0.15) is 172 Å². The number of carbonyl (C=O) groups is 3. The van der Waals surface area contributed by atoms with E-state index in [-0.39, 0.29) is 46.1 Å². The fourth-order valence-corrected chi connectivity index (χ4v) is 12.5. The van der Waals surface area contributed by atoms with Gasteiger partial charge in [0.05, 0.1) is 16.6 Å². The number of carbonyl (C=O) groups excluding carboxylic acids is 3. The van der Waals surface area contributed by atoms with Gasteiger partial charge < -0.3 is 41.5 Å². The van der Waals surface area contributed by atoms with Crippen molar-refractivity contribution in [2.45, 2.75) is 171 Å². The number of amides is 2. The summed E-state index contributed by atoms with van der Waals surface area (Å²) in [6, 6.07) is 18.2. The first-order chi connectivity index (χ1) is 35.4. The van der Waals surface area contributed by atoms with E-state index in [2.05, 4.69) is 45.7 Å². The van der Waals surface area contributed by atoms with Crippen molar-refractivity contribution in [3.63, 3.8) is 0 Å². The minimum Gasteiger partial charge on any atom is -0.351 e. The molecule has 6 aliphatic rings. The molecule has 4 saturated carbocycles. The maximum atomic E-state index is 14.1. The first kappa shape index (κ1) is 50.2. The number of ketones is 1. The smallest absolute Gasteiger partial charge is 0.268 e. The van der Waals surface area contributed by atoms with Gasteiger partial charge in [-0.15, -0.1) is 0 Å². The van der Waals surface area contributed by atoms with Gasteiger partial charge in [0.15, 0.2) is 5.78 Å². The Balaban J connectivity index is 0.000000145. The number of Topliss-reactive ketones (excluding diaryl/α,β-unsaturated/α-hetero) is 1. The third-order valence-electron chi connectivity index (χ3n) is 16.5. The van der Waals surface area contributed by atoms with Crippen molar-refractivity contribution in [2.24, 2.45) is 5.73 Å². The number of anilines is 2. The number of fused-ring (bicyclic) bond motifs is 8. The summed E-state index contributed by atoms with van der Waals surface area (Å²) >= 11 is 0. The quantitative estimate of drug-likeness (QED) is 0.0794. The lowest BCUT2D eigenvalue weighted by atomic mass is 9.80. The van der Waals surface area contributed by atoms with E-state index in [0.29, 0.717) is 54.8 Å². The summed E-state index contributed by atoms with van der Waals surface area (Å²) in [5.74, 6) is 0.444. The van der Waals surface area contributed by atoms with Gasteiger partial charge >= 0.3 is 0 Å². The Morgan fingerprint density at radius 1 is 0.658 bits per heavy atom. The highest BCUT2D eigenvalue weighted by molar-refractivity contribution is 6.00. The van der Waals surface area contributed by atoms with Crippen LogP contribution in [0.2, 0.25) is 0 Å². The molecule has 4 fully saturated rings. The van der Waals surface area contributed by atoms with Crippen LogP contribution in [-0.4, -0.2) is 83.9 Å². The molecule has 4 aromatic heterocycles. The van der Waals surface area contributed by atoms with E-state index in [1.165, 1.54) is 63.6 Å².